The number of rotatable bonds is 9. The highest BCUT2D eigenvalue weighted by Crippen LogP contribution is 2.40. The number of fused-ring (bicyclic) bond motifs is 1. The van der Waals surface area contributed by atoms with Crippen LogP contribution in [0.3, 0.4) is 0 Å². The molecule has 5 rings (SSSR count). The Morgan fingerprint density at radius 1 is 1.08 bits per heavy atom. The SMILES string of the molecule is COc1cc(/C=N\c2sc3c(c2C(=O)NCc2ccco2)CCCC3)ccc1OCc1ccccc1. The van der Waals surface area contributed by atoms with Crippen LogP contribution in [0.15, 0.2) is 76.3 Å². The molecule has 0 saturated heterocycles. The molecule has 1 N–H and O–H groups in total. The first-order chi connectivity index (χ1) is 17.7. The van der Waals surface area contributed by atoms with Gasteiger partial charge < -0.3 is 19.2 Å². The van der Waals surface area contributed by atoms with Crippen molar-refractivity contribution in [1.82, 2.24) is 5.32 Å². The number of ether oxygens (including phenoxy) is 2. The molecule has 184 valence electrons. The van der Waals surface area contributed by atoms with Gasteiger partial charge in [0.15, 0.2) is 11.5 Å². The quantitative estimate of drug-likeness (QED) is 0.267. The van der Waals surface area contributed by atoms with Gasteiger partial charge in [0.05, 0.1) is 25.5 Å². The molecule has 2 aromatic carbocycles. The first-order valence-electron chi connectivity index (χ1n) is 12.0. The molecule has 0 bridgehead atoms. The summed E-state index contributed by atoms with van der Waals surface area (Å²) >= 11 is 1.61. The standard InChI is InChI=1S/C29H28N2O4S/c1-33-25-16-21(13-14-24(25)35-19-20-8-3-2-4-9-20)17-31-29-27(23-11-5-6-12-26(23)36-29)28(32)30-18-22-10-7-15-34-22/h2-4,7-10,13-17H,5-6,11-12,18-19H2,1H3,(H,30,32)/b31-17-. The van der Waals surface area contributed by atoms with Crippen molar-refractivity contribution in [1.29, 1.82) is 0 Å². The number of thiophene rings is 1. The summed E-state index contributed by atoms with van der Waals surface area (Å²) in [5.41, 5.74) is 3.78. The minimum absolute atomic E-state index is 0.111. The molecule has 0 aliphatic heterocycles. The van der Waals surface area contributed by atoms with Gasteiger partial charge in [-0.1, -0.05) is 30.3 Å². The third kappa shape index (κ3) is 5.52. The fourth-order valence-electron chi connectivity index (χ4n) is 4.30. The number of nitrogens with one attached hydrogen (secondary N) is 1. The van der Waals surface area contributed by atoms with Crippen molar-refractivity contribution in [2.75, 3.05) is 7.11 Å². The van der Waals surface area contributed by atoms with Crippen molar-refractivity contribution in [2.24, 2.45) is 4.99 Å². The third-order valence-electron chi connectivity index (χ3n) is 6.14. The Morgan fingerprint density at radius 3 is 2.75 bits per heavy atom. The molecule has 1 aliphatic carbocycles. The summed E-state index contributed by atoms with van der Waals surface area (Å²) in [6.45, 7) is 0.809. The minimum Gasteiger partial charge on any atom is -0.493 e. The Labute approximate surface area is 214 Å². The largest absolute Gasteiger partial charge is 0.493 e. The summed E-state index contributed by atoms with van der Waals surface area (Å²) in [6, 6.07) is 19.4. The summed E-state index contributed by atoms with van der Waals surface area (Å²) in [5, 5.41) is 3.73. The molecule has 0 spiro atoms. The molecule has 0 atom stereocenters. The Hall–Kier alpha value is -3.84. The molecule has 6 nitrogen and oxygen atoms in total. The van der Waals surface area contributed by atoms with Crippen molar-refractivity contribution in [3.63, 3.8) is 0 Å². The average Bonchev–Trinajstić information content (AvgIpc) is 3.58. The first-order valence-corrected chi connectivity index (χ1v) is 12.9. The van der Waals surface area contributed by atoms with E-state index >= 15 is 0 Å². The minimum atomic E-state index is -0.111. The van der Waals surface area contributed by atoms with Crippen LogP contribution in [0.25, 0.3) is 0 Å². The highest BCUT2D eigenvalue weighted by molar-refractivity contribution is 7.16. The van der Waals surface area contributed by atoms with E-state index in [2.05, 4.69) is 5.32 Å². The lowest BCUT2D eigenvalue weighted by molar-refractivity contribution is 0.0948. The number of carbonyl (C=O) groups is 1. The molecule has 7 heteroatoms. The third-order valence-corrected chi connectivity index (χ3v) is 7.34. The van der Waals surface area contributed by atoms with E-state index in [9.17, 15) is 4.79 Å². The van der Waals surface area contributed by atoms with Crippen LogP contribution in [0.4, 0.5) is 5.00 Å². The van der Waals surface area contributed by atoms with Crippen LogP contribution in [-0.4, -0.2) is 19.2 Å². The second kappa shape index (κ2) is 11.3. The molecule has 2 heterocycles. The number of hydrogen-bond donors (Lipinski definition) is 1. The summed E-state index contributed by atoms with van der Waals surface area (Å²) in [6.07, 6.45) is 7.53. The van der Waals surface area contributed by atoms with Crippen LogP contribution in [0.2, 0.25) is 0 Å². The van der Waals surface area contributed by atoms with Gasteiger partial charge in [0.1, 0.15) is 17.4 Å². The van der Waals surface area contributed by atoms with Gasteiger partial charge in [-0.2, -0.15) is 0 Å². The zero-order chi connectivity index (χ0) is 24.7. The maximum atomic E-state index is 13.2. The van der Waals surface area contributed by atoms with Crippen LogP contribution in [0.5, 0.6) is 11.5 Å². The molecule has 36 heavy (non-hydrogen) atoms. The average molecular weight is 501 g/mol. The number of furan rings is 1. The van der Waals surface area contributed by atoms with Crippen LogP contribution in [-0.2, 0) is 26.0 Å². The highest BCUT2D eigenvalue weighted by Gasteiger charge is 2.25. The monoisotopic (exact) mass is 500 g/mol. The zero-order valence-corrected chi connectivity index (χ0v) is 21.0. The number of aliphatic imine (C=N–C) groups is 1. The fraction of sp³-hybridized carbons (Fsp3) is 0.241. The van der Waals surface area contributed by atoms with Gasteiger partial charge in [0, 0.05) is 11.1 Å². The fourth-order valence-corrected chi connectivity index (χ4v) is 5.53. The number of benzene rings is 2. The number of hydrogen-bond acceptors (Lipinski definition) is 6. The maximum Gasteiger partial charge on any atom is 0.255 e. The lowest BCUT2D eigenvalue weighted by Gasteiger charge is -2.12. The molecule has 0 saturated carbocycles. The number of amides is 1. The predicted molar refractivity (Wildman–Crippen MR) is 142 cm³/mol. The van der Waals surface area contributed by atoms with Gasteiger partial charge in [-0.15, -0.1) is 11.3 Å². The van der Waals surface area contributed by atoms with E-state index < -0.39 is 0 Å². The molecule has 0 unspecified atom stereocenters. The van der Waals surface area contributed by atoms with E-state index in [0.717, 1.165) is 53.1 Å². The maximum absolute atomic E-state index is 13.2. The second-order valence-corrected chi connectivity index (χ2v) is 9.68. The van der Waals surface area contributed by atoms with Gasteiger partial charge >= 0.3 is 0 Å². The van der Waals surface area contributed by atoms with Crippen molar-refractivity contribution in [3.05, 3.63) is 99.8 Å². The Bertz CT molecular complexity index is 1340. The zero-order valence-electron chi connectivity index (χ0n) is 20.2. The molecule has 2 aromatic heterocycles. The van der Waals surface area contributed by atoms with E-state index in [1.165, 1.54) is 4.88 Å². The van der Waals surface area contributed by atoms with E-state index in [0.29, 0.717) is 30.2 Å². The summed E-state index contributed by atoms with van der Waals surface area (Å²) in [5.74, 6) is 1.92. The van der Waals surface area contributed by atoms with Crippen LogP contribution >= 0.6 is 11.3 Å². The normalized spacial score (nSPS) is 12.9. The predicted octanol–water partition coefficient (Wildman–Crippen LogP) is 6.49. The van der Waals surface area contributed by atoms with E-state index in [4.69, 9.17) is 18.9 Å². The van der Waals surface area contributed by atoms with Gasteiger partial charge in [-0.05, 0) is 72.7 Å². The van der Waals surface area contributed by atoms with E-state index in [-0.39, 0.29) is 5.91 Å². The summed E-state index contributed by atoms with van der Waals surface area (Å²) < 4.78 is 16.9. The van der Waals surface area contributed by atoms with Crippen molar-refractivity contribution in [3.8, 4) is 11.5 Å². The number of carbonyl (C=O) groups excluding carboxylic acids is 1. The van der Waals surface area contributed by atoms with Crippen molar-refractivity contribution in [2.45, 2.75) is 38.8 Å². The second-order valence-electron chi connectivity index (χ2n) is 8.60. The smallest absolute Gasteiger partial charge is 0.255 e. The highest BCUT2D eigenvalue weighted by atomic mass is 32.1. The number of methoxy groups -OCH3 is 1. The molecular weight excluding hydrogens is 472 g/mol. The van der Waals surface area contributed by atoms with E-state index in [1.807, 2.05) is 60.7 Å². The van der Waals surface area contributed by atoms with Gasteiger partial charge in [0.2, 0.25) is 0 Å². The Morgan fingerprint density at radius 2 is 1.94 bits per heavy atom. The van der Waals surface area contributed by atoms with Crippen molar-refractivity contribution >= 4 is 28.5 Å². The molecular formula is C29H28N2O4S. The first kappa shape index (κ1) is 23.9. The van der Waals surface area contributed by atoms with Gasteiger partial charge in [0.25, 0.3) is 5.91 Å². The number of nitrogens with zero attached hydrogens (tertiary/aromatic N) is 1. The van der Waals surface area contributed by atoms with Crippen molar-refractivity contribution < 1.29 is 18.7 Å². The lowest BCUT2D eigenvalue weighted by atomic mass is 9.95. The van der Waals surface area contributed by atoms with E-state index in [1.54, 1.807) is 30.9 Å². The Balaban J connectivity index is 1.35. The van der Waals surface area contributed by atoms with Crippen LogP contribution in [0, 0.1) is 0 Å². The molecule has 1 amide bonds. The number of aryl methyl sites for hydroxylation is 1. The van der Waals surface area contributed by atoms with Gasteiger partial charge in [-0.3, -0.25) is 4.79 Å². The Kier molecular flexibility index (Phi) is 7.47. The molecule has 4 aromatic rings. The lowest BCUT2D eigenvalue weighted by Crippen LogP contribution is -2.23. The van der Waals surface area contributed by atoms with Gasteiger partial charge in [-0.25, -0.2) is 4.99 Å². The van der Waals surface area contributed by atoms with Crippen LogP contribution < -0.4 is 14.8 Å². The topological polar surface area (TPSA) is 73.1 Å². The summed E-state index contributed by atoms with van der Waals surface area (Å²) in [4.78, 5) is 19.2. The molecule has 1 aliphatic rings. The molecule has 0 radical (unpaired) electrons. The molecule has 0 fully saturated rings. The summed E-state index contributed by atoms with van der Waals surface area (Å²) in [7, 11) is 1.63. The van der Waals surface area contributed by atoms with Crippen LogP contribution in [0.1, 0.15) is 50.5 Å².